The van der Waals surface area contributed by atoms with Gasteiger partial charge in [0.15, 0.2) is 0 Å². The van der Waals surface area contributed by atoms with Gasteiger partial charge in [-0.2, -0.15) is 0 Å². The highest BCUT2D eigenvalue weighted by Crippen LogP contribution is 2.07. The summed E-state index contributed by atoms with van der Waals surface area (Å²) in [5.74, 6) is -1.25. The molecule has 0 bridgehead atoms. The zero-order chi connectivity index (χ0) is 15.8. The first-order valence-corrected chi connectivity index (χ1v) is 6.91. The Bertz CT molecular complexity index is 492. The first kappa shape index (κ1) is 16.9. The van der Waals surface area contributed by atoms with Gasteiger partial charge in [0.25, 0.3) is 0 Å². The second-order valence-electron chi connectivity index (χ2n) is 5.03. The van der Waals surface area contributed by atoms with Gasteiger partial charge in [-0.15, -0.1) is 0 Å². The molecule has 2 N–H and O–H groups in total. The lowest BCUT2D eigenvalue weighted by atomic mass is 10.2. The topological polar surface area (TPSA) is 69.6 Å². The number of benzene rings is 1. The zero-order valence-electron chi connectivity index (χ0n) is 12.3. The van der Waals surface area contributed by atoms with Crippen LogP contribution in [0.25, 0.3) is 0 Å². The quantitative estimate of drug-likeness (QED) is 0.812. The second kappa shape index (κ2) is 8.24. The number of carboxylic acids is 1. The molecule has 5 nitrogen and oxygen atoms in total. The molecule has 1 aromatic rings. The molecule has 0 aliphatic carbocycles. The van der Waals surface area contributed by atoms with Crippen LogP contribution in [-0.2, 0) is 11.3 Å². The molecule has 2 amide bonds. The lowest BCUT2D eigenvalue weighted by molar-refractivity contribution is -0.137. The molecule has 6 heteroatoms. The number of hydrogen-bond acceptors (Lipinski definition) is 2. The number of rotatable bonds is 7. The first-order valence-electron chi connectivity index (χ1n) is 6.91. The van der Waals surface area contributed by atoms with Crippen molar-refractivity contribution in [2.75, 3.05) is 6.54 Å². The average molecular weight is 296 g/mol. The molecule has 1 aromatic carbocycles. The molecule has 0 radical (unpaired) electrons. The number of halogens is 1. The summed E-state index contributed by atoms with van der Waals surface area (Å²) in [6.07, 6.45) is 0.407. The number of aliphatic carboxylic acids is 1. The summed E-state index contributed by atoms with van der Waals surface area (Å²) in [6, 6.07) is 5.87. The summed E-state index contributed by atoms with van der Waals surface area (Å²) >= 11 is 0. The van der Waals surface area contributed by atoms with E-state index in [2.05, 4.69) is 5.32 Å². The molecule has 0 spiro atoms. The van der Waals surface area contributed by atoms with Crippen LogP contribution in [-0.4, -0.2) is 34.6 Å². The molecule has 0 aliphatic heterocycles. The van der Waals surface area contributed by atoms with Gasteiger partial charge in [0, 0.05) is 31.1 Å². The summed E-state index contributed by atoms with van der Waals surface area (Å²) in [6.45, 7) is 4.16. The maximum absolute atomic E-state index is 13.5. The molecule has 0 heterocycles. The van der Waals surface area contributed by atoms with Crippen molar-refractivity contribution in [3.05, 3.63) is 35.6 Å². The Morgan fingerprint density at radius 2 is 2.00 bits per heavy atom. The van der Waals surface area contributed by atoms with Crippen LogP contribution in [0.4, 0.5) is 9.18 Å². The summed E-state index contributed by atoms with van der Waals surface area (Å²) < 4.78 is 13.5. The molecule has 1 rings (SSSR count). The average Bonchev–Trinajstić information content (AvgIpc) is 2.41. The zero-order valence-corrected chi connectivity index (χ0v) is 12.3. The molecule has 0 aliphatic rings. The van der Waals surface area contributed by atoms with Crippen molar-refractivity contribution in [3.8, 4) is 0 Å². The van der Waals surface area contributed by atoms with Crippen LogP contribution in [0.2, 0.25) is 0 Å². The van der Waals surface area contributed by atoms with Gasteiger partial charge in [0.05, 0.1) is 0 Å². The van der Waals surface area contributed by atoms with Crippen molar-refractivity contribution >= 4 is 12.0 Å². The van der Waals surface area contributed by atoms with E-state index in [1.807, 2.05) is 13.8 Å². The SMILES string of the molecule is CC(C)N(CCCC(=O)O)C(=O)NCc1ccccc1F. The smallest absolute Gasteiger partial charge is 0.317 e. The van der Waals surface area contributed by atoms with Crippen molar-refractivity contribution in [2.45, 2.75) is 39.3 Å². The van der Waals surface area contributed by atoms with E-state index in [-0.39, 0.29) is 30.9 Å². The van der Waals surface area contributed by atoms with E-state index in [0.29, 0.717) is 18.5 Å². The minimum Gasteiger partial charge on any atom is -0.481 e. The number of nitrogens with one attached hydrogen (secondary N) is 1. The first-order chi connectivity index (χ1) is 9.91. The van der Waals surface area contributed by atoms with Gasteiger partial charge >= 0.3 is 12.0 Å². The molecule has 0 aromatic heterocycles. The summed E-state index contributed by atoms with van der Waals surface area (Å²) in [4.78, 5) is 24.1. The summed E-state index contributed by atoms with van der Waals surface area (Å²) in [5.41, 5.74) is 0.417. The van der Waals surface area contributed by atoms with Crippen LogP contribution in [0.5, 0.6) is 0 Å². The number of hydrogen-bond donors (Lipinski definition) is 2. The molecule has 0 fully saturated rings. The van der Waals surface area contributed by atoms with Crippen LogP contribution < -0.4 is 5.32 Å². The van der Waals surface area contributed by atoms with E-state index >= 15 is 0 Å². The maximum Gasteiger partial charge on any atom is 0.317 e. The molecular formula is C15H21FN2O3. The number of carboxylic acid groups (broad SMARTS) is 1. The fourth-order valence-electron chi connectivity index (χ4n) is 1.91. The highest BCUT2D eigenvalue weighted by Gasteiger charge is 2.17. The minimum atomic E-state index is -0.884. The fourth-order valence-corrected chi connectivity index (χ4v) is 1.91. The summed E-state index contributed by atoms with van der Waals surface area (Å²) in [5, 5.41) is 11.3. The van der Waals surface area contributed by atoms with Gasteiger partial charge in [-0.3, -0.25) is 4.79 Å². The van der Waals surface area contributed by atoms with E-state index in [1.54, 1.807) is 23.1 Å². The van der Waals surface area contributed by atoms with E-state index in [9.17, 15) is 14.0 Å². The third kappa shape index (κ3) is 5.81. The largest absolute Gasteiger partial charge is 0.481 e. The lowest BCUT2D eigenvalue weighted by Gasteiger charge is -2.26. The van der Waals surface area contributed by atoms with Crippen LogP contribution in [0.1, 0.15) is 32.3 Å². The van der Waals surface area contributed by atoms with Crippen LogP contribution in [0, 0.1) is 5.82 Å². The minimum absolute atomic E-state index is 0.0177. The number of nitrogens with zero attached hydrogens (tertiary/aromatic N) is 1. The Morgan fingerprint density at radius 3 is 2.57 bits per heavy atom. The molecule has 116 valence electrons. The van der Waals surface area contributed by atoms with Gasteiger partial charge in [0.2, 0.25) is 0 Å². The van der Waals surface area contributed by atoms with Crippen molar-refractivity contribution in [1.29, 1.82) is 0 Å². The maximum atomic E-state index is 13.5. The second-order valence-corrected chi connectivity index (χ2v) is 5.03. The van der Waals surface area contributed by atoms with Crippen LogP contribution in [0.3, 0.4) is 0 Å². The van der Waals surface area contributed by atoms with Crippen molar-refractivity contribution in [1.82, 2.24) is 10.2 Å². The number of carbonyl (C=O) groups is 2. The van der Waals surface area contributed by atoms with Gasteiger partial charge in [-0.1, -0.05) is 18.2 Å². The van der Waals surface area contributed by atoms with E-state index in [1.165, 1.54) is 6.07 Å². The molecule has 21 heavy (non-hydrogen) atoms. The third-order valence-electron chi connectivity index (χ3n) is 3.06. The molecule has 0 saturated carbocycles. The fraction of sp³-hybridized carbons (Fsp3) is 0.467. The van der Waals surface area contributed by atoms with Crippen molar-refractivity contribution in [3.63, 3.8) is 0 Å². The molecule has 0 saturated heterocycles. The van der Waals surface area contributed by atoms with Crippen molar-refractivity contribution < 1.29 is 19.1 Å². The van der Waals surface area contributed by atoms with E-state index < -0.39 is 5.97 Å². The number of urea groups is 1. The normalized spacial score (nSPS) is 10.5. The van der Waals surface area contributed by atoms with Gasteiger partial charge < -0.3 is 15.3 Å². The standard InChI is InChI=1S/C15H21FN2O3/c1-11(2)18(9-5-8-14(19)20)15(21)17-10-12-6-3-4-7-13(12)16/h3-4,6-7,11H,5,8-10H2,1-2H3,(H,17,21)(H,19,20). The predicted octanol–water partition coefficient (Wildman–Crippen LogP) is 2.61. The van der Waals surface area contributed by atoms with Crippen LogP contribution in [0.15, 0.2) is 24.3 Å². The van der Waals surface area contributed by atoms with Gasteiger partial charge in [0.1, 0.15) is 5.82 Å². The Labute approximate surface area is 123 Å². The van der Waals surface area contributed by atoms with Crippen LogP contribution >= 0.6 is 0 Å². The lowest BCUT2D eigenvalue weighted by Crippen LogP contribution is -2.44. The van der Waals surface area contributed by atoms with Crippen molar-refractivity contribution in [2.24, 2.45) is 0 Å². The van der Waals surface area contributed by atoms with E-state index in [4.69, 9.17) is 5.11 Å². The highest BCUT2D eigenvalue weighted by atomic mass is 19.1. The third-order valence-corrected chi connectivity index (χ3v) is 3.06. The number of amides is 2. The Morgan fingerprint density at radius 1 is 1.33 bits per heavy atom. The molecule has 0 atom stereocenters. The monoisotopic (exact) mass is 296 g/mol. The number of carbonyl (C=O) groups excluding carboxylic acids is 1. The Kier molecular flexibility index (Phi) is 6.65. The van der Waals surface area contributed by atoms with E-state index in [0.717, 1.165) is 0 Å². The Balaban J connectivity index is 2.53. The predicted molar refractivity (Wildman–Crippen MR) is 77.3 cm³/mol. The highest BCUT2D eigenvalue weighted by molar-refractivity contribution is 5.74. The Hall–Kier alpha value is -2.11. The van der Waals surface area contributed by atoms with Gasteiger partial charge in [-0.05, 0) is 26.3 Å². The molecular weight excluding hydrogens is 275 g/mol. The molecule has 0 unspecified atom stereocenters. The summed E-state index contributed by atoms with van der Waals surface area (Å²) in [7, 11) is 0. The van der Waals surface area contributed by atoms with Gasteiger partial charge in [-0.25, -0.2) is 9.18 Å².